The lowest BCUT2D eigenvalue weighted by Gasteiger charge is -2.24. The van der Waals surface area contributed by atoms with E-state index in [2.05, 4.69) is 10.6 Å². The van der Waals surface area contributed by atoms with Gasteiger partial charge < -0.3 is 40.4 Å². The minimum absolute atomic E-state index is 0.0969. The molecule has 1 aliphatic rings. The third-order valence-electron chi connectivity index (χ3n) is 5.77. The van der Waals surface area contributed by atoms with Crippen LogP contribution in [-0.2, 0) is 22.4 Å². The molecule has 0 bridgehead atoms. The van der Waals surface area contributed by atoms with Crippen molar-refractivity contribution >= 4 is 17.5 Å². The number of nitrogens with one attached hydrogen (secondary N) is 2. The molecule has 1 unspecified atom stereocenters. The summed E-state index contributed by atoms with van der Waals surface area (Å²) in [6.45, 7) is 1.45. The molecular weight excluding hydrogens is 466 g/mol. The van der Waals surface area contributed by atoms with Crippen LogP contribution in [0.1, 0.15) is 30.4 Å². The fourth-order valence-electron chi connectivity index (χ4n) is 3.90. The fraction of sp³-hybridized carbons (Fsp3) is 0.462. The van der Waals surface area contributed by atoms with E-state index in [1.54, 1.807) is 26.4 Å². The third kappa shape index (κ3) is 7.76. The molecule has 0 aromatic heterocycles. The largest absolute Gasteiger partial charge is 0.493 e. The van der Waals surface area contributed by atoms with E-state index in [0.717, 1.165) is 17.5 Å². The highest BCUT2D eigenvalue weighted by atomic mass is 16.5. The second kappa shape index (κ2) is 13.6. The number of amides is 2. The Hall–Kier alpha value is -3.50. The van der Waals surface area contributed by atoms with Crippen LogP contribution >= 0.6 is 0 Å². The number of primary amides is 1. The van der Waals surface area contributed by atoms with Crippen molar-refractivity contribution in [3.05, 3.63) is 41.5 Å². The van der Waals surface area contributed by atoms with Gasteiger partial charge in [0.25, 0.3) is 0 Å². The Balaban J connectivity index is 1.48. The van der Waals surface area contributed by atoms with Gasteiger partial charge in [0.15, 0.2) is 11.5 Å². The number of benzene rings is 2. The highest BCUT2D eigenvalue weighted by Gasteiger charge is 2.23. The predicted octanol–water partition coefficient (Wildman–Crippen LogP) is 1.80. The number of nitrogens with two attached hydrogens (primary N) is 1. The summed E-state index contributed by atoms with van der Waals surface area (Å²) in [5.41, 5.74) is 7.66. The van der Waals surface area contributed by atoms with Crippen LogP contribution in [0, 0.1) is 0 Å². The number of aliphatic hydroxyl groups is 1. The number of hydrogen-bond acceptors (Lipinski definition) is 8. The summed E-state index contributed by atoms with van der Waals surface area (Å²) in [4.78, 5) is 22.9. The summed E-state index contributed by atoms with van der Waals surface area (Å²) in [7, 11) is 3.21. The van der Waals surface area contributed by atoms with Gasteiger partial charge in [-0.25, -0.2) is 0 Å². The highest BCUT2D eigenvalue weighted by Crippen LogP contribution is 2.39. The summed E-state index contributed by atoms with van der Waals surface area (Å²) < 4.78 is 22.2. The zero-order valence-electron chi connectivity index (χ0n) is 20.8. The van der Waals surface area contributed by atoms with Gasteiger partial charge in [-0.2, -0.15) is 0 Å². The van der Waals surface area contributed by atoms with E-state index in [9.17, 15) is 14.7 Å². The number of fused-ring (bicyclic) bond motifs is 1. The van der Waals surface area contributed by atoms with Crippen LogP contribution in [0.15, 0.2) is 30.3 Å². The average Bonchev–Trinajstić information content (AvgIpc) is 2.87. The Labute approximate surface area is 211 Å². The summed E-state index contributed by atoms with van der Waals surface area (Å²) in [5.74, 6) is 2.01. The standard InChI is InChI=1S/C26H35N3O7/c1-33-21-7-5-17(14-23(21)34-2)11-12-28-15-18(30)16-36-20-8-9-22(35-13-3-4-24(27)31)26-19(20)6-10-25(32)29-26/h5,7-9,14,18,28,30H,3-4,6,10-13,15-16H2,1-2H3,(H2,27,31)(H,29,32). The molecule has 2 amide bonds. The highest BCUT2D eigenvalue weighted by molar-refractivity contribution is 5.96. The molecule has 196 valence electrons. The average molecular weight is 502 g/mol. The van der Waals surface area contributed by atoms with E-state index < -0.39 is 6.10 Å². The van der Waals surface area contributed by atoms with Gasteiger partial charge in [0.2, 0.25) is 11.8 Å². The molecule has 10 heteroatoms. The monoisotopic (exact) mass is 501 g/mol. The van der Waals surface area contributed by atoms with E-state index in [1.165, 1.54) is 0 Å². The molecule has 3 rings (SSSR count). The maximum Gasteiger partial charge on any atom is 0.224 e. The van der Waals surface area contributed by atoms with Gasteiger partial charge in [-0.15, -0.1) is 0 Å². The van der Waals surface area contributed by atoms with Crippen LogP contribution in [0.25, 0.3) is 0 Å². The summed E-state index contributed by atoms with van der Waals surface area (Å²) in [5, 5.41) is 16.5. The molecule has 2 aromatic rings. The first-order valence-corrected chi connectivity index (χ1v) is 12.0. The number of anilines is 1. The first kappa shape index (κ1) is 27.1. The van der Waals surface area contributed by atoms with Gasteiger partial charge in [-0.3, -0.25) is 9.59 Å². The number of hydrogen-bond donors (Lipinski definition) is 4. The maximum atomic E-state index is 12.0. The van der Waals surface area contributed by atoms with Crippen molar-refractivity contribution < 1.29 is 33.6 Å². The number of rotatable bonds is 15. The quantitative estimate of drug-likeness (QED) is 0.271. The molecule has 1 heterocycles. The van der Waals surface area contributed by atoms with Crippen molar-refractivity contribution in [1.29, 1.82) is 0 Å². The molecule has 0 spiro atoms. The number of carbonyl (C=O) groups is 2. The van der Waals surface area contributed by atoms with Gasteiger partial charge in [0.1, 0.15) is 24.2 Å². The Bertz CT molecular complexity index is 1040. The first-order chi connectivity index (χ1) is 17.4. The Kier molecular flexibility index (Phi) is 10.2. The zero-order valence-corrected chi connectivity index (χ0v) is 20.8. The normalized spacial score (nSPS) is 13.4. The second-order valence-corrected chi connectivity index (χ2v) is 8.49. The van der Waals surface area contributed by atoms with Crippen LogP contribution in [0.2, 0.25) is 0 Å². The van der Waals surface area contributed by atoms with Gasteiger partial charge >= 0.3 is 0 Å². The van der Waals surface area contributed by atoms with Crippen LogP contribution in [-0.4, -0.2) is 63.5 Å². The van der Waals surface area contributed by atoms with E-state index in [-0.39, 0.29) is 24.8 Å². The van der Waals surface area contributed by atoms with E-state index >= 15 is 0 Å². The van der Waals surface area contributed by atoms with Crippen molar-refractivity contribution in [2.45, 2.75) is 38.2 Å². The maximum absolute atomic E-state index is 12.0. The Morgan fingerprint density at radius 2 is 1.83 bits per heavy atom. The number of ether oxygens (including phenoxy) is 4. The molecule has 1 aliphatic heterocycles. The molecule has 1 atom stereocenters. The summed E-state index contributed by atoms with van der Waals surface area (Å²) in [6, 6.07) is 9.29. The summed E-state index contributed by atoms with van der Waals surface area (Å²) >= 11 is 0. The molecule has 0 saturated heterocycles. The van der Waals surface area contributed by atoms with Gasteiger partial charge in [-0.1, -0.05) is 6.07 Å². The summed E-state index contributed by atoms with van der Waals surface area (Å²) in [6.07, 6.45) is 1.62. The SMILES string of the molecule is COc1ccc(CCNCC(O)COc2ccc(OCCCC(N)=O)c3c2CCC(=O)N3)cc1OC. The van der Waals surface area contributed by atoms with Crippen molar-refractivity contribution in [3.8, 4) is 23.0 Å². The molecule has 2 aromatic carbocycles. The molecule has 10 nitrogen and oxygen atoms in total. The zero-order chi connectivity index (χ0) is 25.9. The minimum Gasteiger partial charge on any atom is -0.493 e. The van der Waals surface area contributed by atoms with Crippen molar-refractivity contribution in [1.82, 2.24) is 5.32 Å². The lowest BCUT2D eigenvalue weighted by Crippen LogP contribution is -2.32. The molecule has 0 aliphatic carbocycles. The van der Waals surface area contributed by atoms with Crippen LogP contribution in [0.3, 0.4) is 0 Å². The van der Waals surface area contributed by atoms with Crippen molar-refractivity contribution in [2.75, 3.05) is 45.8 Å². The Morgan fingerprint density at radius 1 is 1.08 bits per heavy atom. The van der Waals surface area contributed by atoms with Gasteiger partial charge in [0.05, 0.1) is 26.5 Å². The van der Waals surface area contributed by atoms with Crippen molar-refractivity contribution in [3.63, 3.8) is 0 Å². The van der Waals surface area contributed by atoms with Gasteiger partial charge in [-0.05, 0) is 55.6 Å². The number of carbonyl (C=O) groups excluding carboxylic acids is 2. The van der Waals surface area contributed by atoms with E-state index in [4.69, 9.17) is 24.7 Å². The van der Waals surface area contributed by atoms with E-state index in [1.807, 2.05) is 18.2 Å². The third-order valence-corrected chi connectivity index (χ3v) is 5.77. The molecule has 0 saturated carbocycles. The second-order valence-electron chi connectivity index (χ2n) is 8.49. The van der Waals surface area contributed by atoms with Gasteiger partial charge in [0, 0.05) is 24.9 Å². The topological polar surface area (TPSA) is 141 Å². The first-order valence-electron chi connectivity index (χ1n) is 12.0. The van der Waals surface area contributed by atoms with Crippen LogP contribution < -0.4 is 35.3 Å². The molecular formula is C26H35N3O7. The van der Waals surface area contributed by atoms with Crippen molar-refractivity contribution in [2.24, 2.45) is 5.73 Å². The molecule has 5 N–H and O–H groups in total. The molecule has 36 heavy (non-hydrogen) atoms. The van der Waals surface area contributed by atoms with Crippen LogP contribution in [0.4, 0.5) is 5.69 Å². The minimum atomic E-state index is -0.714. The smallest absolute Gasteiger partial charge is 0.224 e. The molecule has 0 radical (unpaired) electrons. The fourth-order valence-corrected chi connectivity index (χ4v) is 3.90. The lowest BCUT2D eigenvalue weighted by atomic mass is 10.0. The Morgan fingerprint density at radius 3 is 2.58 bits per heavy atom. The lowest BCUT2D eigenvalue weighted by molar-refractivity contribution is -0.118. The predicted molar refractivity (Wildman–Crippen MR) is 135 cm³/mol. The molecule has 0 fully saturated rings. The number of methoxy groups -OCH3 is 2. The van der Waals surface area contributed by atoms with E-state index in [0.29, 0.717) is 67.6 Å². The van der Waals surface area contributed by atoms with Crippen LogP contribution in [0.5, 0.6) is 23.0 Å². The number of aliphatic hydroxyl groups excluding tert-OH is 1.